The average Bonchev–Trinajstić information content (AvgIpc) is 2.41. The summed E-state index contributed by atoms with van der Waals surface area (Å²) in [5, 5.41) is 9.41. The van der Waals surface area contributed by atoms with Gasteiger partial charge in [-0.2, -0.15) is 11.8 Å². The number of benzene rings is 1. The molecule has 110 valence electrons. The van der Waals surface area contributed by atoms with Crippen molar-refractivity contribution < 1.29 is 9.90 Å². The van der Waals surface area contributed by atoms with Gasteiger partial charge in [-0.15, -0.1) is 0 Å². The van der Waals surface area contributed by atoms with Crippen LogP contribution in [0.25, 0.3) is 6.08 Å². The summed E-state index contributed by atoms with van der Waals surface area (Å²) in [5.41, 5.74) is 1.70. The normalized spacial score (nSPS) is 12.6. The summed E-state index contributed by atoms with van der Waals surface area (Å²) >= 11 is 8.10. The molecule has 5 heteroatoms. The van der Waals surface area contributed by atoms with Crippen molar-refractivity contribution >= 4 is 41.1 Å². The molecular formula is C15H20ClNO2S. The second-order valence-corrected chi connectivity index (χ2v) is 5.80. The van der Waals surface area contributed by atoms with Gasteiger partial charge in [-0.1, -0.05) is 30.7 Å². The van der Waals surface area contributed by atoms with Crippen LogP contribution in [0.5, 0.6) is 0 Å². The van der Waals surface area contributed by atoms with Gasteiger partial charge in [0.05, 0.1) is 10.7 Å². The van der Waals surface area contributed by atoms with Crippen LogP contribution in [0.3, 0.4) is 0 Å². The van der Waals surface area contributed by atoms with Crippen LogP contribution < -0.4 is 4.90 Å². The minimum atomic E-state index is -0.963. The second-order valence-electron chi connectivity index (χ2n) is 4.48. The quantitative estimate of drug-likeness (QED) is 0.772. The lowest BCUT2D eigenvalue weighted by Crippen LogP contribution is -2.33. The van der Waals surface area contributed by atoms with E-state index in [4.69, 9.17) is 16.7 Å². The first-order valence-corrected chi connectivity index (χ1v) is 8.19. The third-order valence-electron chi connectivity index (χ3n) is 3.15. The number of halogens is 1. The summed E-state index contributed by atoms with van der Waals surface area (Å²) in [7, 11) is 2.00. The van der Waals surface area contributed by atoms with Gasteiger partial charge in [-0.25, -0.2) is 4.79 Å². The van der Waals surface area contributed by atoms with Gasteiger partial charge in [0.2, 0.25) is 0 Å². The molecule has 0 aliphatic rings. The molecule has 0 saturated heterocycles. The highest BCUT2D eigenvalue weighted by molar-refractivity contribution is 7.98. The fraction of sp³-hybridized carbons (Fsp3) is 0.400. The molecular weight excluding hydrogens is 294 g/mol. The Bertz CT molecular complexity index is 491. The van der Waals surface area contributed by atoms with Crippen LogP contribution in [-0.4, -0.2) is 36.2 Å². The number of rotatable bonds is 7. The average molecular weight is 314 g/mol. The van der Waals surface area contributed by atoms with Gasteiger partial charge in [0.25, 0.3) is 0 Å². The van der Waals surface area contributed by atoms with Crippen molar-refractivity contribution in [1.29, 1.82) is 0 Å². The van der Waals surface area contributed by atoms with Gasteiger partial charge in [-0.05, 0) is 30.4 Å². The maximum absolute atomic E-state index is 10.7. The van der Waals surface area contributed by atoms with Gasteiger partial charge in [0, 0.05) is 24.9 Å². The van der Waals surface area contributed by atoms with E-state index < -0.39 is 5.97 Å². The summed E-state index contributed by atoms with van der Waals surface area (Å²) in [6, 6.07) is 5.90. The zero-order valence-corrected chi connectivity index (χ0v) is 13.5. The van der Waals surface area contributed by atoms with E-state index in [0.29, 0.717) is 11.1 Å². The molecule has 0 amide bonds. The Balaban J connectivity index is 3.17. The lowest BCUT2D eigenvalue weighted by Gasteiger charge is -2.31. The van der Waals surface area contributed by atoms with Crippen molar-refractivity contribution in [1.82, 2.24) is 0 Å². The first kappa shape index (κ1) is 16.9. The van der Waals surface area contributed by atoms with Crippen molar-refractivity contribution in [3.8, 4) is 0 Å². The Kier molecular flexibility index (Phi) is 6.96. The summed E-state index contributed by atoms with van der Waals surface area (Å²) in [6.07, 6.45) is 5.81. The molecule has 3 nitrogen and oxygen atoms in total. The molecule has 0 radical (unpaired) electrons. The number of nitrogens with zero attached hydrogens (tertiary/aromatic N) is 1. The van der Waals surface area contributed by atoms with Gasteiger partial charge in [0.15, 0.2) is 0 Å². The number of hydrogen-bond acceptors (Lipinski definition) is 3. The van der Waals surface area contributed by atoms with E-state index in [1.165, 1.54) is 0 Å². The summed E-state index contributed by atoms with van der Waals surface area (Å²) in [6.45, 7) is 2.14. The van der Waals surface area contributed by atoms with Crippen LogP contribution in [0, 0.1) is 0 Å². The zero-order chi connectivity index (χ0) is 15.1. The lowest BCUT2D eigenvalue weighted by molar-refractivity contribution is -0.131. The predicted molar refractivity (Wildman–Crippen MR) is 89.0 cm³/mol. The van der Waals surface area contributed by atoms with Crippen LogP contribution in [0.1, 0.15) is 18.9 Å². The van der Waals surface area contributed by atoms with Crippen LogP contribution in [0.15, 0.2) is 24.3 Å². The molecule has 0 fully saturated rings. The van der Waals surface area contributed by atoms with Gasteiger partial charge >= 0.3 is 5.97 Å². The molecule has 20 heavy (non-hydrogen) atoms. The number of carboxylic acid groups (broad SMARTS) is 1. The van der Waals surface area contributed by atoms with Crippen molar-refractivity contribution in [3.63, 3.8) is 0 Å². The van der Waals surface area contributed by atoms with Crippen molar-refractivity contribution in [2.24, 2.45) is 0 Å². The van der Waals surface area contributed by atoms with Gasteiger partial charge < -0.3 is 10.0 Å². The molecule has 0 bridgehead atoms. The Labute approximate surface area is 129 Å². The minimum Gasteiger partial charge on any atom is -0.478 e. The molecule has 0 aliphatic heterocycles. The SMILES string of the molecule is CCC(CSC)N(C)c1c(Cl)cccc1/C=C/C(=O)O. The molecule has 1 N–H and O–H groups in total. The highest BCUT2D eigenvalue weighted by Crippen LogP contribution is 2.32. The summed E-state index contributed by atoms with van der Waals surface area (Å²) in [5.74, 6) is 0.0371. The number of thioether (sulfide) groups is 1. The van der Waals surface area contributed by atoms with Crippen LogP contribution in [0.4, 0.5) is 5.69 Å². The van der Waals surface area contributed by atoms with Crippen LogP contribution in [-0.2, 0) is 4.79 Å². The van der Waals surface area contributed by atoms with Crippen LogP contribution in [0.2, 0.25) is 5.02 Å². The minimum absolute atomic E-state index is 0.363. The number of para-hydroxylation sites is 1. The fourth-order valence-corrected chi connectivity index (χ4v) is 3.24. The van der Waals surface area contributed by atoms with E-state index in [2.05, 4.69) is 18.1 Å². The van der Waals surface area contributed by atoms with E-state index >= 15 is 0 Å². The topological polar surface area (TPSA) is 40.5 Å². The monoisotopic (exact) mass is 313 g/mol. The summed E-state index contributed by atoms with van der Waals surface area (Å²) in [4.78, 5) is 12.8. The number of anilines is 1. The number of hydrogen-bond donors (Lipinski definition) is 1. The molecule has 0 saturated carbocycles. The number of carboxylic acids is 1. The van der Waals surface area contributed by atoms with Crippen molar-refractivity contribution in [2.45, 2.75) is 19.4 Å². The van der Waals surface area contributed by atoms with E-state index in [9.17, 15) is 4.79 Å². The third kappa shape index (κ3) is 4.46. The highest BCUT2D eigenvalue weighted by atomic mass is 35.5. The van der Waals surface area contributed by atoms with E-state index in [0.717, 1.165) is 29.5 Å². The lowest BCUT2D eigenvalue weighted by atomic mass is 10.1. The molecule has 0 heterocycles. The Morgan fingerprint density at radius 2 is 2.25 bits per heavy atom. The Morgan fingerprint density at radius 1 is 1.55 bits per heavy atom. The van der Waals surface area contributed by atoms with Crippen LogP contribution >= 0.6 is 23.4 Å². The molecule has 0 spiro atoms. The molecule has 1 aromatic carbocycles. The first-order chi connectivity index (χ1) is 9.51. The summed E-state index contributed by atoms with van der Waals surface area (Å²) < 4.78 is 0. The van der Waals surface area contributed by atoms with Crippen molar-refractivity contribution in [2.75, 3.05) is 24.0 Å². The second kappa shape index (κ2) is 8.22. The van der Waals surface area contributed by atoms with E-state index in [-0.39, 0.29) is 0 Å². The third-order valence-corrected chi connectivity index (χ3v) is 4.18. The van der Waals surface area contributed by atoms with E-state index in [1.807, 2.05) is 25.2 Å². The maximum atomic E-state index is 10.7. The smallest absolute Gasteiger partial charge is 0.328 e. The molecule has 0 aromatic heterocycles. The Hall–Kier alpha value is -1.13. The predicted octanol–water partition coefficient (Wildman–Crippen LogP) is 4.02. The number of carbonyl (C=O) groups is 1. The van der Waals surface area contributed by atoms with Crippen molar-refractivity contribution in [3.05, 3.63) is 34.9 Å². The Morgan fingerprint density at radius 3 is 2.80 bits per heavy atom. The largest absolute Gasteiger partial charge is 0.478 e. The number of aliphatic carboxylic acids is 1. The standard InChI is InChI=1S/C15H20ClNO2S/c1-4-12(10-20-3)17(2)15-11(8-9-14(18)19)6-5-7-13(15)16/h5-9,12H,4,10H2,1-3H3,(H,18,19)/b9-8+. The molecule has 1 unspecified atom stereocenters. The zero-order valence-electron chi connectivity index (χ0n) is 12.0. The molecule has 0 aliphatic carbocycles. The molecule has 1 rings (SSSR count). The molecule has 1 aromatic rings. The fourth-order valence-electron chi connectivity index (χ4n) is 2.08. The first-order valence-electron chi connectivity index (χ1n) is 6.42. The maximum Gasteiger partial charge on any atom is 0.328 e. The molecule has 1 atom stereocenters. The van der Waals surface area contributed by atoms with Gasteiger partial charge in [0.1, 0.15) is 0 Å². The van der Waals surface area contributed by atoms with Gasteiger partial charge in [-0.3, -0.25) is 0 Å². The van der Waals surface area contributed by atoms with E-state index in [1.54, 1.807) is 17.8 Å². The highest BCUT2D eigenvalue weighted by Gasteiger charge is 2.17.